The van der Waals surface area contributed by atoms with Crippen molar-refractivity contribution in [2.24, 2.45) is 0 Å². The molecular formula is C28H28FN3O3. The Labute approximate surface area is 204 Å². The van der Waals surface area contributed by atoms with Gasteiger partial charge in [-0.15, -0.1) is 0 Å². The molecule has 0 aromatic heterocycles. The molecule has 0 radical (unpaired) electrons. The van der Waals surface area contributed by atoms with Gasteiger partial charge in [-0.25, -0.2) is 4.39 Å². The molecule has 3 aromatic carbocycles. The van der Waals surface area contributed by atoms with Crippen LogP contribution in [0.5, 0.6) is 0 Å². The number of carbonyl (C=O) groups is 3. The maximum atomic E-state index is 14.0. The highest BCUT2D eigenvalue weighted by Crippen LogP contribution is 2.21. The van der Waals surface area contributed by atoms with Gasteiger partial charge in [0.2, 0.25) is 0 Å². The van der Waals surface area contributed by atoms with E-state index in [9.17, 15) is 18.8 Å². The molecule has 0 atom stereocenters. The summed E-state index contributed by atoms with van der Waals surface area (Å²) >= 11 is 0. The molecule has 7 heteroatoms. The van der Waals surface area contributed by atoms with Crippen LogP contribution in [0, 0.1) is 12.7 Å². The number of nitrogens with one attached hydrogen (secondary N) is 1. The van der Waals surface area contributed by atoms with Crippen LogP contribution in [0.2, 0.25) is 0 Å². The van der Waals surface area contributed by atoms with Gasteiger partial charge in [0.1, 0.15) is 5.82 Å². The fraction of sp³-hybridized carbons (Fsp3) is 0.250. The number of anilines is 1. The van der Waals surface area contributed by atoms with Crippen LogP contribution >= 0.6 is 0 Å². The molecule has 1 heterocycles. The Kier molecular flexibility index (Phi) is 7.25. The number of hydrogen-bond donors (Lipinski definition) is 1. The van der Waals surface area contributed by atoms with Gasteiger partial charge >= 0.3 is 0 Å². The second-order valence-electron chi connectivity index (χ2n) is 8.60. The zero-order valence-electron chi connectivity index (χ0n) is 19.9. The van der Waals surface area contributed by atoms with E-state index in [-0.39, 0.29) is 17.4 Å². The summed E-state index contributed by atoms with van der Waals surface area (Å²) in [6.45, 7) is 5.61. The molecule has 180 valence electrons. The highest BCUT2D eigenvalue weighted by Gasteiger charge is 2.26. The van der Waals surface area contributed by atoms with E-state index in [0.29, 0.717) is 43.0 Å². The lowest BCUT2D eigenvalue weighted by atomic mass is 10.1. The summed E-state index contributed by atoms with van der Waals surface area (Å²) < 4.78 is 14.0. The Balaban J connectivity index is 1.40. The third-order valence-electron chi connectivity index (χ3n) is 6.31. The number of aryl methyl sites for hydroxylation is 2. The summed E-state index contributed by atoms with van der Waals surface area (Å²) in [7, 11) is 0. The SMILES string of the molecule is CCc1ccc(C(=O)N2CCN(C(=O)c3ccc(C)c(NC(=O)c4ccccc4F)c3)CC2)cc1. The predicted octanol–water partition coefficient (Wildman–Crippen LogP) is 4.55. The number of carbonyl (C=O) groups excluding carboxylic acids is 3. The minimum absolute atomic E-state index is 0.0340. The van der Waals surface area contributed by atoms with Crippen molar-refractivity contribution in [2.75, 3.05) is 31.5 Å². The van der Waals surface area contributed by atoms with Crippen molar-refractivity contribution in [2.45, 2.75) is 20.3 Å². The lowest BCUT2D eigenvalue weighted by Gasteiger charge is -2.35. The molecule has 0 unspecified atom stereocenters. The van der Waals surface area contributed by atoms with Crippen molar-refractivity contribution in [3.8, 4) is 0 Å². The molecule has 0 saturated carbocycles. The van der Waals surface area contributed by atoms with Gasteiger partial charge in [-0.3, -0.25) is 14.4 Å². The lowest BCUT2D eigenvalue weighted by molar-refractivity contribution is 0.0535. The lowest BCUT2D eigenvalue weighted by Crippen LogP contribution is -2.50. The van der Waals surface area contributed by atoms with Crippen molar-refractivity contribution in [1.82, 2.24) is 9.80 Å². The molecule has 3 aromatic rings. The van der Waals surface area contributed by atoms with E-state index in [0.717, 1.165) is 12.0 Å². The Bertz CT molecular complexity index is 1250. The van der Waals surface area contributed by atoms with Crippen LogP contribution in [0.3, 0.4) is 0 Å². The summed E-state index contributed by atoms with van der Waals surface area (Å²) in [6, 6.07) is 18.5. The van der Waals surface area contributed by atoms with E-state index in [1.807, 2.05) is 31.2 Å². The summed E-state index contributed by atoms with van der Waals surface area (Å²) in [5, 5.41) is 2.71. The molecule has 6 nitrogen and oxygen atoms in total. The molecule has 0 aliphatic carbocycles. The average molecular weight is 474 g/mol. The van der Waals surface area contributed by atoms with Gasteiger partial charge in [-0.2, -0.15) is 0 Å². The first-order valence-corrected chi connectivity index (χ1v) is 11.7. The van der Waals surface area contributed by atoms with Crippen LogP contribution in [0.15, 0.2) is 66.7 Å². The third-order valence-corrected chi connectivity index (χ3v) is 6.31. The number of benzene rings is 3. The van der Waals surface area contributed by atoms with E-state index in [2.05, 4.69) is 12.2 Å². The van der Waals surface area contributed by atoms with Crippen LogP contribution in [0.1, 0.15) is 49.1 Å². The molecule has 35 heavy (non-hydrogen) atoms. The van der Waals surface area contributed by atoms with Crippen molar-refractivity contribution in [3.63, 3.8) is 0 Å². The van der Waals surface area contributed by atoms with E-state index >= 15 is 0 Å². The summed E-state index contributed by atoms with van der Waals surface area (Å²) in [5.41, 5.74) is 3.41. The Morgan fingerprint density at radius 2 is 1.40 bits per heavy atom. The highest BCUT2D eigenvalue weighted by molar-refractivity contribution is 6.05. The molecule has 4 rings (SSSR count). The Morgan fingerprint density at radius 1 is 0.829 bits per heavy atom. The number of amides is 3. The minimum atomic E-state index is -0.608. The van der Waals surface area contributed by atoms with Gasteiger partial charge in [0.15, 0.2) is 0 Å². The zero-order valence-corrected chi connectivity index (χ0v) is 19.9. The first-order valence-electron chi connectivity index (χ1n) is 11.7. The summed E-state index contributed by atoms with van der Waals surface area (Å²) in [5.74, 6) is -1.39. The van der Waals surface area contributed by atoms with Crippen LogP contribution in [0.4, 0.5) is 10.1 Å². The highest BCUT2D eigenvalue weighted by atomic mass is 19.1. The van der Waals surface area contributed by atoms with Gasteiger partial charge in [0.05, 0.1) is 5.56 Å². The van der Waals surface area contributed by atoms with E-state index < -0.39 is 11.7 Å². The van der Waals surface area contributed by atoms with Gasteiger partial charge in [0.25, 0.3) is 17.7 Å². The van der Waals surface area contributed by atoms with Crippen LogP contribution in [-0.4, -0.2) is 53.7 Å². The smallest absolute Gasteiger partial charge is 0.258 e. The molecule has 1 aliphatic heterocycles. The first-order chi connectivity index (χ1) is 16.9. The Hall–Kier alpha value is -4.00. The van der Waals surface area contributed by atoms with E-state index in [1.165, 1.54) is 23.8 Å². The fourth-order valence-electron chi connectivity index (χ4n) is 4.09. The molecule has 1 N–H and O–H groups in total. The number of piperazine rings is 1. The van der Waals surface area contributed by atoms with E-state index in [4.69, 9.17) is 0 Å². The monoisotopic (exact) mass is 473 g/mol. The number of hydrogen-bond acceptors (Lipinski definition) is 3. The molecule has 1 aliphatic rings. The predicted molar refractivity (Wildman–Crippen MR) is 133 cm³/mol. The first kappa shape index (κ1) is 24.1. The third kappa shape index (κ3) is 5.40. The molecular weight excluding hydrogens is 445 g/mol. The molecule has 1 saturated heterocycles. The molecule has 1 fully saturated rings. The zero-order chi connectivity index (χ0) is 24.9. The number of nitrogens with zero attached hydrogens (tertiary/aromatic N) is 2. The second-order valence-corrected chi connectivity index (χ2v) is 8.60. The van der Waals surface area contributed by atoms with Crippen LogP contribution in [0.25, 0.3) is 0 Å². The standard InChI is InChI=1S/C28H28FN3O3/c1-3-20-9-12-21(13-10-20)27(34)31-14-16-32(17-15-31)28(35)22-11-8-19(2)25(18-22)30-26(33)23-6-4-5-7-24(23)29/h4-13,18H,3,14-17H2,1-2H3,(H,30,33). The molecule has 0 bridgehead atoms. The fourth-order valence-corrected chi connectivity index (χ4v) is 4.09. The van der Waals surface area contributed by atoms with Crippen LogP contribution in [-0.2, 0) is 6.42 Å². The van der Waals surface area contributed by atoms with Crippen molar-refractivity contribution < 1.29 is 18.8 Å². The van der Waals surface area contributed by atoms with E-state index in [1.54, 1.807) is 34.1 Å². The van der Waals surface area contributed by atoms with Gasteiger partial charge in [-0.05, 0) is 60.9 Å². The molecule has 0 spiro atoms. The topological polar surface area (TPSA) is 69.7 Å². The van der Waals surface area contributed by atoms with Gasteiger partial charge in [0, 0.05) is 43.0 Å². The summed E-state index contributed by atoms with van der Waals surface area (Å²) in [6.07, 6.45) is 0.919. The van der Waals surface area contributed by atoms with Gasteiger partial charge < -0.3 is 15.1 Å². The Morgan fingerprint density at radius 3 is 2.00 bits per heavy atom. The van der Waals surface area contributed by atoms with Crippen molar-refractivity contribution in [3.05, 3.63) is 100 Å². The average Bonchev–Trinajstić information content (AvgIpc) is 2.89. The maximum absolute atomic E-state index is 14.0. The maximum Gasteiger partial charge on any atom is 0.258 e. The van der Waals surface area contributed by atoms with Gasteiger partial charge in [-0.1, -0.05) is 37.3 Å². The molecule has 3 amide bonds. The second kappa shape index (κ2) is 10.5. The summed E-state index contributed by atoms with van der Waals surface area (Å²) in [4.78, 5) is 42.0. The normalized spacial score (nSPS) is 13.5. The van der Waals surface area contributed by atoms with Crippen molar-refractivity contribution >= 4 is 23.4 Å². The van der Waals surface area contributed by atoms with Crippen LogP contribution < -0.4 is 5.32 Å². The minimum Gasteiger partial charge on any atom is -0.335 e. The van der Waals surface area contributed by atoms with Crippen molar-refractivity contribution in [1.29, 1.82) is 0 Å². The largest absolute Gasteiger partial charge is 0.335 e. The quantitative estimate of drug-likeness (QED) is 0.591. The number of halogens is 1. The number of rotatable bonds is 5.